The third-order valence-electron chi connectivity index (χ3n) is 4.87. The molecule has 2 saturated heterocycles. The van der Waals surface area contributed by atoms with E-state index in [1.165, 1.54) is 0 Å². The van der Waals surface area contributed by atoms with E-state index in [2.05, 4.69) is 10.6 Å². The summed E-state index contributed by atoms with van der Waals surface area (Å²) < 4.78 is 0. The number of likely N-dealkylation sites (tertiary alicyclic amines) is 1. The van der Waals surface area contributed by atoms with E-state index in [4.69, 9.17) is 5.73 Å². The summed E-state index contributed by atoms with van der Waals surface area (Å²) in [5.41, 5.74) is 4.62. The Labute approximate surface area is 147 Å². The van der Waals surface area contributed by atoms with Crippen molar-refractivity contribution in [3.05, 3.63) is 0 Å². The molecular weight excluding hydrogens is 324 g/mol. The first kappa shape index (κ1) is 19.2. The average molecular weight is 352 g/mol. The molecule has 2 heterocycles. The van der Waals surface area contributed by atoms with Gasteiger partial charge in [-0.2, -0.15) is 0 Å². The van der Waals surface area contributed by atoms with Gasteiger partial charge in [0.05, 0.1) is 0 Å². The minimum atomic E-state index is -0.871. The Kier molecular flexibility index (Phi) is 6.02. The smallest absolute Gasteiger partial charge is 0.229 e. The molecule has 25 heavy (non-hydrogen) atoms. The lowest BCUT2D eigenvalue weighted by molar-refractivity contribution is -0.151. The average Bonchev–Trinajstić information content (AvgIpc) is 2.88. The Balaban J connectivity index is 1.77. The van der Waals surface area contributed by atoms with E-state index in [-0.39, 0.29) is 49.3 Å². The predicted molar refractivity (Wildman–Crippen MR) is 91.1 cm³/mol. The van der Waals surface area contributed by atoms with Gasteiger partial charge in [0.25, 0.3) is 0 Å². The SMILES string of the molecule is CC(C)CC(=O)NCC1(C(N)=O)CN(C(=O)CCC2CCC(=O)N2)C1. The number of nitrogens with zero attached hydrogens (tertiary/aromatic N) is 1. The van der Waals surface area contributed by atoms with Crippen LogP contribution in [0.3, 0.4) is 0 Å². The van der Waals surface area contributed by atoms with Gasteiger partial charge in [-0.15, -0.1) is 0 Å². The zero-order valence-electron chi connectivity index (χ0n) is 15.0. The largest absolute Gasteiger partial charge is 0.369 e. The summed E-state index contributed by atoms with van der Waals surface area (Å²) in [4.78, 5) is 48.6. The molecule has 1 atom stereocenters. The van der Waals surface area contributed by atoms with E-state index in [0.717, 1.165) is 6.42 Å². The molecule has 140 valence electrons. The number of nitrogens with one attached hydrogen (secondary N) is 2. The molecule has 0 saturated carbocycles. The van der Waals surface area contributed by atoms with Gasteiger partial charge in [-0.1, -0.05) is 13.8 Å². The summed E-state index contributed by atoms with van der Waals surface area (Å²) in [6.07, 6.45) is 2.61. The normalized spacial score (nSPS) is 21.6. The first-order valence-electron chi connectivity index (χ1n) is 8.85. The number of hydrogen-bond donors (Lipinski definition) is 3. The molecule has 4 N–H and O–H groups in total. The summed E-state index contributed by atoms with van der Waals surface area (Å²) in [6, 6.07) is 0.0638. The number of carbonyl (C=O) groups excluding carboxylic acids is 4. The summed E-state index contributed by atoms with van der Waals surface area (Å²) in [7, 11) is 0. The van der Waals surface area contributed by atoms with Crippen molar-refractivity contribution in [1.29, 1.82) is 0 Å². The first-order valence-corrected chi connectivity index (χ1v) is 8.85. The number of amides is 4. The molecule has 0 aliphatic carbocycles. The Hall–Kier alpha value is -2.12. The maximum atomic E-state index is 12.2. The highest BCUT2D eigenvalue weighted by atomic mass is 16.2. The van der Waals surface area contributed by atoms with Gasteiger partial charge in [-0.05, 0) is 18.8 Å². The molecule has 2 fully saturated rings. The second kappa shape index (κ2) is 7.84. The molecule has 0 spiro atoms. The number of rotatable bonds is 8. The molecule has 1 unspecified atom stereocenters. The van der Waals surface area contributed by atoms with Gasteiger partial charge in [0.1, 0.15) is 5.41 Å². The highest BCUT2D eigenvalue weighted by molar-refractivity contribution is 5.88. The van der Waals surface area contributed by atoms with Crippen LogP contribution in [0.5, 0.6) is 0 Å². The van der Waals surface area contributed by atoms with Gasteiger partial charge in [-0.3, -0.25) is 19.2 Å². The summed E-state index contributed by atoms with van der Waals surface area (Å²) >= 11 is 0. The minimum absolute atomic E-state index is 0.0336. The lowest BCUT2D eigenvalue weighted by atomic mass is 9.78. The van der Waals surface area contributed by atoms with Gasteiger partial charge in [0.15, 0.2) is 0 Å². The summed E-state index contributed by atoms with van der Waals surface area (Å²) in [5, 5.41) is 5.59. The van der Waals surface area contributed by atoms with E-state index in [1.807, 2.05) is 13.8 Å². The molecule has 0 bridgehead atoms. The van der Waals surface area contributed by atoms with Crippen molar-refractivity contribution in [1.82, 2.24) is 15.5 Å². The van der Waals surface area contributed by atoms with Gasteiger partial charge in [0.2, 0.25) is 23.6 Å². The van der Waals surface area contributed by atoms with Crippen LogP contribution in [-0.4, -0.2) is 54.2 Å². The third kappa shape index (κ3) is 4.93. The van der Waals surface area contributed by atoms with E-state index in [0.29, 0.717) is 25.7 Å². The van der Waals surface area contributed by atoms with Crippen LogP contribution >= 0.6 is 0 Å². The van der Waals surface area contributed by atoms with Gasteiger partial charge in [-0.25, -0.2) is 0 Å². The molecule has 0 aromatic heterocycles. The van der Waals surface area contributed by atoms with Crippen molar-refractivity contribution < 1.29 is 19.2 Å². The van der Waals surface area contributed by atoms with Crippen LogP contribution < -0.4 is 16.4 Å². The first-order chi connectivity index (χ1) is 11.7. The standard InChI is InChI=1S/C17H28N4O4/c1-11(2)7-14(23)19-8-17(16(18)25)9-21(10-17)15(24)6-4-12-3-5-13(22)20-12/h11-12H,3-10H2,1-2H3,(H2,18,25)(H,19,23)(H,20,22). The third-order valence-corrected chi connectivity index (χ3v) is 4.87. The van der Waals surface area contributed by atoms with Crippen molar-refractivity contribution in [3.63, 3.8) is 0 Å². The van der Waals surface area contributed by atoms with Crippen molar-refractivity contribution in [2.75, 3.05) is 19.6 Å². The molecule has 0 aromatic rings. The minimum Gasteiger partial charge on any atom is -0.369 e. The fourth-order valence-electron chi connectivity index (χ4n) is 3.28. The van der Waals surface area contributed by atoms with Crippen molar-refractivity contribution in [2.24, 2.45) is 17.1 Å². The number of primary amides is 1. The molecule has 2 rings (SSSR count). The van der Waals surface area contributed by atoms with Gasteiger partial charge in [0, 0.05) is 44.9 Å². The van der Waals surface area contributed by atoms with Crippen LogP contribution in [0.15, 0.2) is 0 Å². The summed E-state index contributed by atoms with van der Waals surface area (Å²) in [6.45, 7) is 4.52. The lowest BCUT2D eigenvalue weighted by Gasteiger charge is -2.48. The number of hydrogen-bond acceptors (Lipinski definition) is 4. The van der Waals surface area contributed by atoms with E-state index in [9.17, 15) is 19.2 Å². The van der Waals surface area contributed by atoms with E-state index >= 15 is 0 Å². The molecule has 4 amide bonds. The summed E-state index contributed by atoms with van der Waals surface area (Å²) in [5.74, 6) is -0.389. The lowest BCUT2D eigenvalue weighted by Crippen LogP contribution is -2.67. The maximum Gasteiger partial charge on any atom is 0.229 e. The Morgan fingerprint density at radius 2 is 2.04 bits per heavy atom. The van der Waals surface area contributed by atoms with Crippen LogP contribution in [0.4, 0.5) is 0 Å². The molecule has 0 radical (unpaired) electrons. The van der Waals surface area contributed by atoms with Gasteiger partial charge < -0.3 is 21.3 Å². The monoisotopic (exact) mass is 352 g/mol. The van der Waals surface area contributed by atoms with Crippen LogP contribution in [-0.2, 0) is 19.2 Å². The van der Waals surface area contributed by atoms with Crippen LogP contribution in [0.1, 0.15) is 46.0 Å². The van der Waals surface area contributed by atoms with Crippen molar-refractivity contribution in [2.45, 2.75) is 52.0 Å². The zero-order valence-corrected chi connectivity index (χ0v) is 15.0. The molecular formula is C17H28N4O4. The van der Waals surface area contributed by atoms with Crippen molar-refractivity contribution in [3.8, 4) is 0 Å². The Bertz CT molecular complexity index is 555. The molecule has 8 nitrogen and oxygen atoms in total. The quantitative estimate of drug-likeness (QED) is 0.546. The van der Waals surface area contributed by atoms with E-state index < -0.39 is 11.3 Å². The fourth-order valence-corrected chi connectivity index (χ4v) is 3.28. The fraction of sp³-hybridized carbons (Fsp3) is 0.765. The highest BCUT2D eigenvalue weighted by Crippen LogP contribution is 2.30. The van der Waals surface area contributed by atoms with Crippen LogP contribution in [0.2, 0.25) is 0 Å². The highest BCUT2D eigenvalue weighted by Gasteiger charge is 2.49. The zero-order chi connectivity index (χ0) is 18.6. The van der Waals surface area contributed by atoms with Crippen LogP contribution in [0.25, 0.3) is 0 Å². The number of carbonyl (C=O) groups is 4. The predicted octanol–water partition coefficient (Wildman–Crippen LogP) is -0.479. The second-order valence-electron chi connectivity index (χ2n) is 7.61. The van der Waals surface area contributed by atoms with Crippen LogP contribution in [0, 0.1) is 11.3 Å². The Morgan fingerprint density at radius 3 is 2.56 bits per heavy atom. The molecule has 8 heteroatoms. The topological polar surface area (TPSA) is 122 Å². The molecule has 2 aliphatic heterocycles. The Morgan fingerprint density at radius 1 is 1.36 bits per heavy atom. The van der Waals surface area contributed by atoms with E-state index in [1.54, 1.807) is 4.90 Å². The maximum absolute atomic E-state index is 12.2. The number of nitrogens with two attached hydrogens (primary N) is 1. The molecule has 2 aliphatic rings. The second-order valence-corrected chi connectivity index (χ2v) is 7.61. The molecule has 0 aromatic carbocycles. The van der Waals surface area contributed by atoms with Gasteiger partial charge >= 0.3 is 0 Å². The van der Waals surface area contributed by atoms with Crippen molar-refractivity contribution >= 4 is 23.6 Å².